The zero-order chi connectivity index (χ0) is 16.2. The highest BCUT2D eigenvalue weighted by molar-refractivity contribution is 5.48. The van der Waals surface area contributed by atoms with E-state index in [1.807, 2.05) is 25.1 Å². The molecule has 7 heteroatoms. The van der Waals surface area contributed by atoms with E-state index in [1.54, 1.807) is 13.2 Å². The van der Waals surface area contributed by atoms with E-state index in [1.165, 1.54) is 6.33 Å². The van der Waals surface area contributed by atoms with E-state index in [-0.39, 0.29) is 12.1 Å². The van der Waals surface area contributed by atoms with Crippen molar-refractivity contribution in [2.45, 2.75) is 25.5 Å². The molecule has 0 radical (unpaired) electrons. The number of ether oxygens (including phenoxy) is 1. The Morgan fingerprint density at radius 3 is 3.00 bits per heavy atom. The fourth-order valence-electron chi connectivity index (χ4n) is 2.90. The zero-order valence-corrected chi connectivity index (χ0v) is 13.4. The molecule has 2 aromatic rings. The number of nitrogen functional groups attached to an aromatic ring is 1. The number of nitrogens with two attached hydrogens (primary N) is 1. The molecule has 3 N–H and O–H groups in total. The van der Waals surface area contributed by atoms with Crippen LogP contribution in [0.3, 0.4) is 0 Å². The predicted molar refractivity (Wildman–Crippen MR) is 90.5 cm³/mol. The summed E-state index contributed by atoms with van der Waals surface area (Å²) < 4.78 is 5.53. The average Bonchev–Trinajstić information content (AvgIpc) is 2.96. The summed E-state index contributed by atoms with van der Waals surface area (Å²) in [5, 5.41) is 3.40. The van der Waals surface area contributed by atoms with Gasteiger partial charge in [-0.05, 0) is 25.5 Å². The molecular weight excluding hydrogens is 292 g/mol. The topological polar surface area (TPSA) is 89.2 Å². The van der Waals surface area contributed by atoms with Crippen molar-refractivity contribution >= 4 is 17.5 Å². The van der Waals surface area contributed by atoms with Gasteiger partial charge in [-0.1, -0.05) is 6.07 Å². The monoisotopic (exact) mass is 314 g/mol. The third-order valence-electron chi connectivity index (χ3n) is 4.08. The van der Waals surface area contributed by atoms with Gasteiger partial charge in [-0.15, -0.1) is 0 Å². The van der Waals surface area contributed by atoms with Crippen molar-refractivity contribution in [3.05, 3.63) is 36.3 Å². The fraction of sp³-hybridized carbons (Fsp3) is 0.438. The van der Waals surface area contributed by atoms with Gasteiger partial charge in [0, 0.05) is 32.0 Å². The first-order chi connectivity index (χ1) is 11.2. The lowest BCUT2D eigenvalue weighted by molar-refractivity contribution is 0.118. The molecule has 122 valence electrons. The van der Waals surface area contributed by atoms with Crippen LogP contribution in [0.25, 0.3) is 0 Å². The average molecular weight is 314 g/mol. The van der Waals surface area contributed by atoms with E-state index in [9.17, 15) is 0 Å². The standard InChI is InChI=1S/C16H22N6O/c1-11-4-3-5-15(21-11)18-8-12-6-13(23-2)9-22(12)16-7-14(17)19-10-20-16/h3-5,7,10,12-13H,6,8-9H2,1-2H3,(H,18,21)(H2,17,19,20)/t12-,13-/m1/s1. The quantitative estimate of drug-likeness (QED) is 0.863. The number of pyridine rings is 1. The summed E-state index contributed by atoms with van der Waals surface area (Å²) in [4.78, 5) is 15.0. The van der Waals surface area contributed by atoms with Crippen molar-refractivity contribution in [3.63, 3.8) is 0 Å². The first kappa shape index (κ1) is 15.5. The van der Waals surface area contributed by atoms with Gasteiger partial charge in [-0.3, -0.25) is 0 Å². The second-order valence-corrected chi connectivity index (χ2v) is 5.75. The van der Waals surface area contributed by atoms with Crippen LogP contribution < -0.4 is 16.0 Å². The van der Waals surface area contributed by atoms with Crippen molar-refractivity contribution in [1.29, 1.82) is 0 Å². The normalized spacial score (nSPS) is 20.7. The summed E-state index contributed by atoms with van der Waals surface area (Å²) in [6, 6.07) is 8.02. The minimum Gasteiger partial charge on any atom is -0.384 e. The van der Waals surface area contributed by atoms with Crippen molar-refractivity contribution in [3.8, 4) is 0 Å². The van der Waals surface area contributed by atoms with Crippen LogP contribution in [0.5, 0.6) is 0 Å². The molecule has 0 bridgehead atoms. The van der Waals surface area contributed by atoms with Crippen molar-refractivity contribution in [1.82, 2.24) is 15.0 Å². The van der Waals surface area contributed by atoms with Gasteiger partial charge in [0.25, 0.3) is 0 Å². The SMILES string of the molecule is CO[C@@H]1C[C@H](CNc2cccc(C)n2)N(c2cc(N)ncn2)C1. The highest BCUT2D eigenvalue weighted by atomic mass is 16.5. The Bertz CT molecular complexity index is 665. The van der Waals surface area contributed by atoms with Crippen LogP contribution in [0.1, 0.15) is 12.1 Å². The van der Waals surface area contributed by atoms with Crippen LogP contribution in [-0.4, -0.2) is 47.3 Å². The number of rotatable bonds is 5. The van der Waals surface area contributed by atoms with Gasteiger partial charge in [-0.25, -0.2) is 15.0 Å². The number of hydrogen-bond acceptors (Lipinski definition) is 7. The first-order valence-corrected chi connectivity index (χ1v) is 7.70. The van der Waals surface area contributed by atoms with Crippen LogP contribution in [0.15, 0.2) is 30.6 Å². The van der Waals surface area contributed by atoms with Crippen LogP contribution >= 0.6 is 0 Å². The van der Waals surface area contributed by atoms with E-state index in [0.717, 1.165) is 36.8 Å². The highest BCUT2D eigenvalue weighted by Crippen LogP contribution is 2.26. The van der Waals surface area contributed by atoms with Gasteiger partial charge >= 0.3 is 0 Å². The fourth-order valence-corrected chi connectivity index (χ4v) is 2.90. The van der Waals surface area contributed by atoms with Crippen LogP contribution in [-0.2, 0) is 4.74 Å². The molecule has 1 aliphatic heterocycles. The first-order valence-electron chi connectivity index (χ1n) is 7.70. The number of hydrogen-bond donors (Lipinski definition) is 2. The molecular formula is C16H22N6O. The lowest BCUT2D eigenvalue weighted by atomic mass is 10.2. The molecule has 0 spiro atoms. The maximum absolute atomic E-state index is 5.79. The van der Waals surface area contributed by atoms with Crippen molar-refractivity contribution in [2.24, 2.45) is 0 Å². The van der Waals surface area contributed by atoms with Crippen LogP contribution in [0.4, 0.5) is 17.5 Å². The maximum atomic E-state index is 5.79. The Balaban J connectivity index is 1.72. The maximum Gasteiger partial charge on any atom is 0.134 e. The molecule has 1 aliphatic rings. The van der Waals surface area contributed by atoms with Gasteiger partial charge < -0.3 is 20.7 Å². The van der Waals surface area contributed by atoms with E-state index in [2.05, 4.69) is 25.2 Å². The largest absolute Gasteiger partial charge is 0.384 e. The Morgan fingerprint density at radius 1 is 1.39 bits per heavy atom. The molecule has 7 nitrogen and oxygen atoms in total. The highest BCUT2D eigenvalue weighted by Gasteiger charge is 2.33. The van der Waals surface area contributed by atoms with Gasteiger partial charge in [0.15, 0.2) is 0 Å². The Hall–Kier alpha value is -2.41. The minimum absolute atomic E-state index is 0.184. The summed E-state index contributed by atoms with van der Waals surface area (Å²) in [7, 11) is 1.75. The summed E-state index contributed by atoms with van der Waals surface area (Å²) in [5.41, 5.74) is 6.78. The Kier molecular flexibility index (Phi) is 4.57. The van der Waals surface area contributed by atoms with Crippen LogP contribution in [0.2, 0.25) is 0 Å². The number of methoxy groups -OCH3 is 1. The van der Waals surface area contributed by atoms with E-state index in [0.29, 0.717) is 5.82 Å². The van der Waals surface area contributed by atoms with Gasteiger partial charge in [0.2, 0.25) is 0 Å². The molecule has 1 saturated heterocycles. The summed E-state index contributed by atoms with van der Waals surface area (Å²) in [6.45, 7) is 3.54. The zero-order valence-electron chi connectivity index (χ0n) is 13.4. The van der Waals surface area contributed by atoms with Crippen molar-refractivity contribution in [2.75, 3.05) is 36.1 Å². The molecule has 0 aliphatic carbocycles. The number of nitrogens with one attached hydrogen (secondary N) is 1. The second-order valence-electron chi connectivity index (χ2n) is 5.75. The molecule has 3 heterocycles. The van der Waals surface area contributed by atoms with Crippen molar-refractivity contribution < 1.29 is 4.74 Å². The molecule has 2 aromatic heterocycles. The molecule has 1 fully saturated rings. The smallest absolute Gasteiger partial charge is 0.134 e. The molecule has 0 unspecified atom stereocenters. The molecule has 2 atom stereocenters. The summed E-state index contributed by atoms with van der Waals surface area (Å²) in [5.74, 6) is 2.19. The van der Waals surface area contributed by atoms with E-state index >= 15 is 0 Å². The van der Waals surface area contributed by atoms with Gasteiger partial charge in [0.05, 0.1) is 12.1 Å². The number of aryl methyl sites for hydroxylation is 1. The Morgan fingerprint density at radius 2 is 2.26 bits per heavy atom. The third-order valence-corrected chi connectivity index (χ3v) is 4.08. The number of nitrogens with zero attached hydrogens (tertiary/aromatic N) is 4. The number of aromatic nitrogens is 3. The summed E-state index contributed by atoms with van der Waals surface area (Å²) in [6.07, 6.45) is 2.61. The lowest BCUT2D eigenvalue weighted by Crippen LogP contribution is -2.35. The molecule has 0 saturated carbocycles. The predicted octanol–water partition coefficient (Wildman–Crippen LogP) is 1.47. The van der Waals surface area contributed by atoms with E-state index < -0.39 is 0 Å². The van der Waals surface area contributed by atoms with Gasteiger partial charge in [-0.2, -0.15) is 0 Å². The molecule has 3 rings (SSSR count). The summed E-state index contributed by atoms with van der Waals surface area (Å²) >= 11 is 0. The lowest BCUT2D eigenvalue weighted by Gasteiger charge is -2.25. The van der Waals surface area contributed by atoms with Gasteiger partial charge in [0.1, 0.15) is 23.8 Å². The molecule has 0 amide bonds. The third kappa shape index (κ3) is 3.68. The second kappa shape index (κ2) is 6.78. The minimum atomic E-state index is 0.184. The molecule has 0 aromatic carbocycles. The Labute approximate surface area is 135 Å². The molecule has 23 heavy (non-hydrogen) atoms. The van der Waals surface area contributed by atoms with Crippen LogP contribution in [0, 0.1) is 6.92 Å². The number of anilines is 3. The van der Waals surface area contributed by atoms with E-state index in [4.69, 9.17) is 10.5 Å².